The van der Waals surface area contributed by atoms with Gasteiger partial charge >= 0.3 is 0 Å². The van der Waals surface area contributed by atoms with E-state index in [9.17, 15) is 4.79 Å². The molecule has 4 heteroatoms. The molecule has 3 aromatic rings. The topological polar surface area (TPSA) is 69.5 Å². The molecule has 3 N–H and O–H groups in total. The standard InChI is InChI=1S/C23H21N3O/c1-17-7-11-20(12-8-17)23(19-5-3-2-4-6-19)25-16-22(27)26-21-13-9-18(15-24)10-14-21/h2-14,23,25H,16H2,1H3,(H,26,27)/p+1/t23-/m0/s1. The molecule has 0 spiro atoms. The molecule has 3 rings (SSSR count). The van der Waals surface area contributed by atoms with E-state index in [-0.39, 0.29) is 11.9 Å². The maximum Gasteiger partial charge on any atom is 0.279 e. The van der Waals surface area contributed by atoms with Gasteiger partial charge in [-0.05, 0) is 31.2 Å². The highest BCUT2D eigenvalue weighted by molar-refractivity contribution is 5.91. The van der Waals surface area contributed by atoms with Crippen LogP contribution < -0.4 is 10.6 Å². The van der Waals surface area contributed by atoms with Crippen molar-refractivity contribution in [2.45, 2.75) is 13.0 Å². The lowest BCUT2D eigenvalue weighted by atomic mass is 9.98. The van der Waals surface area contributed by atoms with E-state index in [1.54, 1.807) is 24.3 Å². The lowest BCUT2D eigenvalue weighted by Crippen LogP contribution is -2.87. The number of benzene rings is 3. The first-order chi connectivity index (χ1) is 13.2. The van der Waals surface area contributed by atoms with E-state index in [1.165, 1.54) is 5.56 Å². The van der Waals surface area contributed by atoms with Crippen LogP contribution in [0.25, 0.3) is 0 Å². The Morgan fingerprint density at radius 1 is 0.963 bits per heavy atom. The highest BCUT2D eigenvalue weighted by atomic mass is 16.1. The van der Waals surface area contributed by atoms with Crippen LogP contribution in [0.2, 0.25) is 0 Å². The number of quaternary nitrogens is 1. The first-order valence-corrected chi connectivity index (χ1v) is 8.90. The zero-order valence-corrected chi connectivity index (χ0v) is 15.2. The first-order valence-electron chi connectivity index (χ1n) is 8.90. The Kier molecular flexibility index (Phi) is 5.98. The van der Waals surface area contributed by atoms with Crippen LogP contribution in [0.3, 0.4) is 0 Å². The van der Waals surface area contributed by atoms with Gasteiger partial charge in [-0.3, -0.25) is 4.79 Å². The second-order valence-electron chi connectivity index (χ2n) is 6.48. The molecule has 0 aromatic heterocycles. The fraction of sp³-hybridized carbons (Fsp3) is 0.130. The highest BCUT2D eigenvalue weighted by Crippen LogP contribution is 2.18. The number of hydrogen-bond acceptors (Lipinski definition) is 2. The number of nitrogens with two attached hydrogens (primary N) is 1. The minimum Gasteiger partial charge on any atom is -0.328 e. The maximum absolute atomic E-state index is 12.4. The van der Waals surface area contributed by atoms with Crippen molar-refractivity contribution in [1.29, 1.82) is 5.26 Å². The molecule has 0 radical (unpaired) electrons. The Labute approximate surface area is 159 Å². The number of carbonyl (C=O) groups excluding carboxylic acids is 1. The lowest BCUT2D eigenvalue weighted by Gasteiger charge is -2.17. The van der Waals surface area contributed by atoms with Crippen molar-refractivity contribution in [1.82, 2.24) is 0 Å². The molecule has 3 aromatic carbocycles. The molecule has 0 bridgehead atoms. The van der Waals surface area contributed by atoms with Crippen molar-refractivity contribution in [2.75, 3.05) is 11.9 Å². The molecular weight excluding hydrogens is 334 g/mol. The molecule has 0 heterocycles. The minimum absolute atomic E-state index is 0.0542. The second-order valence-corrected chi connectivity index (χ2v) is 6.48. The molecule has 0 aliphatic heterocycles. The summed E-state index contributed by atoms with van der Waals surface area (Å²) in [5.74, 6) is -0.0762. The second kappa shape index (κ2) is 8.79. The van der Waals surface area contributed by atoms with E-state index >= 15 is 0 Å². The van der Waals surface area contributed by atoms with Gasteiger partial charge in [0.25, 0.3) is 5.91 Å². The van der Waals surface area contributed by atoms with Gasteiger partial charge < -0.3 is 10.6 Å². The third kappa shape index (κ3) is 5.04. The summed E-state index contributed by atoms with van der Waals surface area (Å²) < 4.78 is 0. The van der Waals surface area contributed by atoms with Crippen LogP contribution >= 0.6 is 0 Å². The predicted molar refractivity (Wildman–Crippen MR) is 106 cm³/mol. The average Bonchev–Trinajstić information content (AvgIpc) is 2.71. The van der Waals surface area contributed by atoms with Crippen LogP contribution in [0.5, 0.6) is 0 Å². The van der Waals surface area contributed by atoms with Crippen LogP contribution in [-0.2, 0) is 4.79 Å². The van der Waals surface area contributed by atoms with Crippen molar-refractivity contribution in [3.05, 3.63) is 101 Å². The Hall–Kier alpha value is -3.42. The normalized spacial score (nSPS) is 11.4. The first kappa shape index (κ1) is 18.4. The van der Waals surface area contributed by atoms with Crippen molar-refractivity contribution >= 4 is 11.6 Å². The van der Waals surface area contributed by atoms with Crippen molar-refractivity contribution in [3.8, 4) is 6.07 Å². The summed E-state index contributed by atoms with van der Waals surface area (Å²) in [5, 5.41) is 13.8. The van der Waals surface area contributed by atoms with Gasteiger partial charge in [-0.2, -0.15) is 5.26 Å². The smallest absolute Gasteiger partial charge is 0.279 e. The van der Waals surface area contributed by atoms with Crippen molar-refractivity contribution in [3.63, 3.8) is 0 Å². The number of aryl methyl sites for hydroxylation is 1. The average molecular weight is 356 g/mol. The molecular formula is C23H22N3O+. The number of carbonyl (C=O) groups is 1. The van der Waals surface area contributed by atoms with Crippen molar-refractivity contribution in [2.24, 2.45) is 0 Å². The fourth-order valence-corrected chi connectivity index (χ4v) is 2.96. The summed E-state index contributed by atoms with van der Waals surface area (Å²) in [6.45, 7) is 2.36. The molecule has 0 fully saturated rings. The number of nitrogens with zero attached hydrogens (tertiary/aromatic N) is 1. The molecule has 0 aliphatic rings. The monoisotopic (exact) mass is 356 g/mol. The molecule has 0 saturated heterocycles. The lowest BCUT2D eigenvalue weighted by molar-refractivity contribution is -0.676. The largest absolute Gasteiger partial charge is 0.328 e. The maximum atomic E-state index is 12.4. The molecule has 27 heavy (non-hydrogen) atoms. The Bertz CT molecular complexity index is 926. The van der Waals surface area contributed by atoms with Crippen LogP contribution in [0.1, 0.15) is 28.3 Å². The molecule has 1 atom stereocenters. The van der Waals surface area contributed by atoms with Gasteiger partial charge in [0, 0.05) is 16.8 Å². The van der Waals surface area contributed by atoms with Gasteiger partial charge in [0.15, 0.2) is 6.54 Å². The molecule has 1 amide bonds. The molecule has 0 aliphatic carbocycles. The zero-order chi connectivity index (χ0) is 19.1. The van der Waals surface area contributed by atoms with Gasteiger partial charge in [0.1, 0.15) is 6.04 Å². The van der Waals surface area contributed by atoms with Gasteiger partial charge in [0.05, 0.1) is 11.6 Å². The third-order valence-electron chi connectivity index (χ3n) is 4.43. The minimum atomic E-state index is -0.0762. The SMILES string of the molecule is Cc1ccc([C@@H]([NH2+]CC(=O)Nc2ccc(C#N)cc2)c2ccccc2)cc1. The van der Waals surface area contributed by atoms with Crippen LogP contribution in [-0.4, -0.2) is 12.5 Å². The Balaban J connectivity index is 1.69. The van der Waals surface area contributed by atoms with Crippen LogP contribution in [0.15, 0.2) is 78.9 Å². The number of hydrogen-bond donors (Lipinski definition) is 2. The molecule has 0 unspecified atom stereocenters. The van der Waals surface area contributed by atoms with Crippen LogP contribution in [0.4, 0.5) is 5.69 Å². The van der Waals surface area contributed by atoms with E-state index in [2.05, 4.69) is 54.7 Å². The zero-order valence-electron chi connectivity index (χ0n) is 15.2. The summed E-state index contributed by atoms with van der Waals surface area (Å²) in [6, 6.07) is 27.6. The fourth-order valence-electron chi connectivity index (χ4n) is 2.96. The summed E-state index contributed by atoms with van der Waals surface area (Å²) in [6.07, 6.45) is 0. The van der Waals surface area contributed by atoms with Crippen molar-refractivity contribution < 1.29 is 10.1 Å². The van der Waals surface area contributed by atoms with E-state index in [0.29, 0.717) is 17.8 Å². The number of amides is 1. The third-order valence-corrected chi connectivity index (χ3v) is 4.43. The van der Waals surface area contributed by atoms with Gasteiger partial charge in [-0.15, -0.1) is 0 Å². The van der Waals surface area contributed by atoms with E-state index in [1.807, 2.05) is 23.5 Å². The summed E-state index contributed by atoms with van der Waals surface area (Å²) in [4.78, 5) is 12.4. The van der Waals surface area contributed by atoms with Crippen LogP contribution in [0, 0.1) is 18.3 Å². The highest BCUT2D eigenvalue weighted by Gasteiger charge is 2.18. The van der Waals surface area contributed by atoms with E-state index < -0.39 is 0 Å². The van der Waals surface area contributed by atoms with Gasteiger partial charge in [0.2, 0.25) is 0 Å². The number of nitriles is 1. The molecule has 4 nitrogen and oxygen atoms in total. The Morgan fingerprint density at radius 2 is 1.59 bits per heavy atom. The number of nitrogens with one attached hydrogen (secondary N) is 1. The molecule has 0 saturated carbocycles. The Morgan fingerprint density at radius 3 is 2.22 bits per heavy atom. The summed E-state index contributed by atoms with van der Waals surface area (Å²) in [7, 11) is 0. The molecule has 134 valence electrons. The summed E-state index contributed by atoms with van der Waals surface area (Å²) >= 11 is 0. The number of rotatable bonds is 6. The number of anilines is 1. The van der Waals surface area contributed by atoms with Gasteiger partial charge in [-0.25, -0.2) is 0 Å². The predicted octanol–water partition coefficient (Wildman–Crippen LogP) is 3.16. The van der Waals surface area contributed by atoms with Gasteiger partial charge in [-0.1, -0.05) is 60.2 Å². The summed E-state index contributed by atoms with van der Waals surface area (Å²) in [5.41, 5.74) is 4.80. The quantitative estimate of drug-likeness (QED) is 0.712. The van der Waals surface area contributed by atoms with E-state index in [0.717, 1.165) is 11.1 Å². The van der Waals surface area contributed by atoms with E-state index in [4.69, 9.17) is 5.26 Å².